The monoisotopic (exact) mass is 374 g/mol. The number of hydrogen-bond donors (Lipinski definition) is 4. The minimum atomic E-state index is -3.76. The zero-order valence-electron chi connectivity index (χ0n) is 13.9. The van der Waals surface area contributed by atoms with Gasteiger partial charge in [-0.05, 0) is 12.5 Å². The fraction of sp³-hybridized carbons (Fsp3) is 0.714. The van der Waals surface area contributed by atoms with Crippen molar-refractivity contribution in [3.63, 3.8) is 0 Å². The van der Waals surface area contributed by atoms with Crippen molar-refractivity contribution in [3.8, 4) is 0 Å². The van der Waals surface area contributed by atoms with Gasteiger partial charge in [-0.15, -0.1) is 0 Å². The van der Waals surface area contributed by atoms with Gasteiger partial charge in [0.25, 0.3) is 10.2 Å². The summed E-state index contributed by atoms with van der Waals surface area (Å²) >= 11 is 0. The van der Waals surface area contributed by atoms with Gasteiger partial charge in [0.1, 0.15) is 5.70 Å². The number of nitrogens with two attached hydrogens (primary N) is 1. The van der Waals surface area contributed by atoms with Crippen LogP contribution in [0.15, 0.2) is 11.3 Å². The number of likely N-dealkylation sites (tertiary alicyclic amines) is 1. The Bertz CT molecular complexity index is 742. The lowest BCUT2D eigenvalue weighted by Gasteiger charge is -2.46. The fourth-order valence-corrected chi connectivity index (χ4v) is 4.71. The van der Waals surface area contributed by atoms with Gasteiger partial charge < -0.3 is 15.1 Å². The topological polar surface area (TPSA) is 153 Å². The molecule has 2 fully saturated rings. The summed E-state index contributed by atoms with van der Waals surface area (Å²) < 4.78 is 24.3. The number of carboxylic acids is 1. The minimum Gasteiger partial charge on any atom is -0.477 e. The second-order valence-electron chi connectivity index (χ2n) is 6.99. The first-order valence-electron chi connectivity index (χ1n) is 8.01. The number of β-lactam (4-membered cyclic amide) rings is 1. The maximum atomic E-state index is 12.2. The maximum absolute atomic E-state index is 12.2. The minimum absolute atomic E-state index is 0.0118. The van der Waals surface area contributed by atoms with Gasteiger partial charge in [-0.3, -0.25) is 9.69 Å². The van der Waals surface area contributed by atoms with Gasteiger partial charge in [0.05, 0.1) is 18.1 Å². The molecule has 3 heterocycles. The molecule has 140 valence electrons. The molecule has 0 aromatic rings. The Morgan fingerprint density at radius 2 is 2.04 bits per heavy atom. The molecule has 3 rings (SSSR count). The summed E-state index contributed by atoms with van der Waals surface area (Å²) in [4.78, 5) is 27.1. The van der Waals surface area contributed by atoms with Crippen molar-refractivity contribution in [2.75, 3.05) is 19.6 Å². The molecule has 0 radical (unpaired) electrons. The Morgan fingerprint density at radius 1 is 1.44 bits per heavy atom. The first-order chi connectivity index (χ1) is 11.5. The molecule has 10 nitrogen and oxygen atoms in total. The third-order valence-electron chi connectivity index (χ3n) is 5.20. The van der Waals surface area contributed by atoms with Gasteiger partial charge in [0.2, 0.25) is 5.91 Å². The lowest BCUT2D eigenvalue weighted by molar-refractivity contribution is -0.163. The van der Waals surface area contributed by atoms with Crippen LogP contribution in [0.25, 0.3) is 0 Å². The van der Waals surface area contributed by atoms with Crippen LogP contribution in [0.3, 0.4) is 0 Å². The molecule has 0 aliphatic carbocycles. The molecule has 2 unspecified atom stereocenters. The first-order valence-corrected chi connectivity index (χ1v) is 9.55. The standard InChI is InChI=1S/C14H22N4O6S/c1-6-9(5-17-3-8(4-17)16-25(15,23)24)12(14(21)22)18-11(6)10(7(2)19)13(18)20/h6-8,10-11,16,19H,3-5H2,1-2H3,(H,21,22)(H2,15,23,24)/t6-,7+,10?,11?/m0/s1. The molecule has 11 heteroatoms. The SMILES string of the molecule is C[C@@H](O)C1C(=O)N2C(C(=O)O)=C(CN3CC(NS(N)(=O)=O)C3)[C@H](C)C12. The van der Waals surface area contributed by atoms with E-state index in [-0.39, 0.29) is 29.6 Å². The normalized spacial score (nSPS) is 31.6. The van der Waals surface area contributed by atoms with Crippen LogP contribution < -0.4 is 9.86 Å². The Hall–Kier alpha value is -1.53. The van der Waals surface area contributed by atoms with Crippen molar-refractivity contribution in [1.29, 1.82) is 0 Å². The van der Waals surface area contributed by atoms with Gasteiger partial charge in [-0.2, -0.15) is 13.1 Å². The summed E-state index contributed by atoms with van der Waals surface area (Å²) in [6.45, 7) is 4.54. The van der Waals surface area contributed by atoms with Gasteiger partial charge in [0, 0.05) is 31.6 Å². The van der Waals surface area contributed by atoms with E-state index in [0.29, 0.717) is 25.2 Å². The molecule has 1 amide bonds. The number of aliphatic carboxylic acids is 1. The van der Waals surface area contributed by atoms with E-state index in [1.165, 1.54) is 11.8 Å². The Labute approximate surface area is 145 Å². The van der Waals surface area contributed by atoms with Gasteiger partial charge >= 0.3 is 5.97 Å². The number of nitrogens with zero attached hydrogens (tertiary/aromatic N) is 2. The van der Waals surface area contributed by atoms with Crippen LogP contribution in [-0.4, -0.2) is 78.1 Å². The summed E-state index contributed by atoms with van der Waals surface area (Å²) in [5.41, 5.74) is 0.616. The third kappa shape index (κ3) is 3.06. The van der Waals surface area contributed by atoms with E-state index < -0.39 is 28.2 Å². The number of aliphatic hydroxyl groups is 1. The van der Waals surface area contributed by atoms with E-state index in [4.69, 9.17) is 5.14 Å². The highest BCUT2D eigenvalue weighted by atomic mass is 32.2. The summed E-state index contributed by atoms with van der Waals surface area (Å²) in [5.74, 6) is -2.30. The molecule has 3 aliphatic rings. The number of rotatable bonds is 6. The molecule has 0 spiro atoms. The first kappa shape index (κ1) is 18.3. The highest BCUT2D eigenvalue weighted by Gasteiger charge is 2.59. The van der Waals surface area contributed by atoms with Crippen LogP contribution in [0.1, 0.15) is 13.8 Å². The molecule has 3 aliphatic heterocycles. The predicted octanol–water partition coefficient (Wildman–Crippen LogP) is -2.34. The predicted molar refractivity (Wildman–Crippen MR) is 86.1 cm³/mol. The van der Waals surface area contributed by atoms with Crippen molar-refractivity contribution >= 4 is 22.1 Å². The number of aliphatic hydroxyl groups excluding tert-OH is 1. The molecule has 0 aromatic heterocycles. The van der Waals surface area contributed by atoms with Crippen molar-refractivity contribution in [1.82, 2.24) is 14.5 Å². The number of nitrogens with one attached hydrogen (secondary N) is 1. The molecule has 2 saturated heterocycles. The number of carboxylic acid groups (broad SMARTS) is 1. The van der Waals surface area contributed by atoms with Crippen LogP contribution in [0.4, 0.5) is 0 Å². The zero-order valence-corrected chi connectivity index (χ0v) is 14.7. The third-order valence-corrected chi connectivity index (χ3v) is 5.86. The van der Waals surface area contributed by atoms with Crippen molar-refractivity contribution < 1.29 is 28.2 Å². The van der Waals surface area contributed by atoms with E-state index in [0.717, 1.165) is 0 Å². The number of carbonyl (C=O) groups excluding carboxylic acids is 1. The summed E-state index contributed by atoms with van der Waals surface area (Å²) in [6, 6.07) is -0.641. The van der Waals surface area contributed by atoms with Crippen molar-refractivity contribution in [3.05, 3.63) is 11.3 Å². The van der Waals surface area contributed by atoms with Gasteiger partial charge in [0.15, 0.2) is 0 Å². The number of fused-ring (bicyclic) bond motifs is 1. The second-order valence-corrected chi connectivity index (χ2v) is 8.31. The fourth-order valence-electron chi connectivity index (χ4n) is 4.10. The van der Waals surface area contributed by atoms with E-state index in [1.807, 2.05) is 11.8 Å². The molecule has 0 aromatic carbocycles. The summed E-state index contributed by atoms with van der Waals surface area (Å²) in [6.07, 6.45) is -0.835. The van der Waals surface area contributed by atoms with Crippen molar-refractivity contribution in [2.45, 2.75) is 32.0 Å². The van der Waals surface area contributed by atoms with Gasteiger partial charge in [-0.25, -0.2) is 9.93 Å². The van der Waals surface area contributed by atoms with E-state index in [9.17, 15) is 28.2 Å². The number of carbonyl (C=O) groups is 2. The summed E-state index contributed by atoms with van der Waals surface area (Å²) in [5, 5.41) is 24.3. The highest BCUT2D eigenvalue weighted by molar-refractivity contribution is 7.87. The number of amides is 1. The van der Waals surface area contributed by atoms with E-state index in [1.54, 1.807) is 0 Å². The van der Waals surface area contributed by atoms with Crippen LogP contribution in [0, 0.1) is 11.8 Å². The lowest BCUT2D eigenvalue weighted by atomic mass is 9.77. The molecular formula is C14H22N4O6S. The summed E-state index contributed by atoms with van der Waals surface area (Å²) in [7, 11) is -3.76. The molecule has 0 bridgehead atoms. The van der Waals surface area contributed by atoms with Crippen molar-refractivity contribution in [2.24, 2.45) is 17.0 Å². The van der Waals surface area contributed by atoms with Crippen LogP contribution >= 0.6 is 0 Å². The smallest absolute Gasteiger partial charge is 0.352 e. The Kier molecular flexibility index (Phi) is 4.40. The van der Waals surface area contributed by atoms with Crippen LogP contribution in [0.2, 0.25) is 0 Å². The Balaban J connectivity index is 1.73. The van der Waals surface area contributed by atoms with Crippen LogP contribution in [0.5, 0.6) is 0 Å². The number of hydrogen-bond acceptors (Lipinski definition) is 6. The molecule has 5 N–H and O–H groups in total. The maximum Gasteiger partial charge on any atom is 0.352 e. The Morgan fingerprint density at radius 3 is 2.52 bits per heavy atom. The van der Waals surface area contributed by atoms with E-state index >= 15 is 0 Å². The largest absolute Gasteiger partial charge is 0.477 e. The lowest BCUT2D eigenvalue weighted by Crippen LogP contribution is -2.63. The highest BCUT2D eigenvalue weighted by Crippen LogP contribution is 2.47. The molecule has 0 saturated carbocycles. The molecular weight excluding hydrogens is 352 g/mol. The van der Waals surface area contributed by atoms with E-state index in [2.05, 4.69) is 4.72 Å². The van der Waals surface area contributed by atoms with Gasteiger partial charge in [-0.1, -0.05) is 6.92 Å². The molecule has 25 heavy (non-hydrogen) atoms. The quantitative estimate of drug-likeness (QED) is 0.380. The molecule has 4 atom stereocenters. The van der Waals surface area contributed by atoms with Crippen LogP contribution in [-0.2, 0) is 19.8 Å². The average molecular weight is 374 g/mol. The zero-order chi connectivity index (χ0) is 18.7. The second kappa shape index (κ2) is 6.02. The average Bonchev–Trinajstić information content (AvgIpc) is 2.65.